The van der Waals surface area contributed by atoms with Gasteiger partial charge < -0.3 is 24.4 Å². The molecule has 1 N–H and O–H groups in total. The van der Waals surface area contributed by atoms with Gasteiger partial charge >= 0.3 is 0 Å². The van der Waals surface area contributed by atoms with Gasteiger partial charge in [-0.2, -0.15) is 0 Å². The van der Waals surface area contributed by atoms with Crippen molar-refractivity contribution in [3.05, 3.63) is 47.6 Å². The number of aryl methyl sites for hydroxylation is 1. The molecule has 1 fully saturated rings. The average molecular weight is 438 g/mol. The number of aromatic nitrogens is 2. The van der Waals surface area contributed by atoms with Crippen molar-refractivity contribution in [3.8, 4) is 11.4 Å². The lowest BCUT2D eigenvalue weighted by Crippen LogP contribution is -2.51. The number of imidazole rings is 1. The molecule has 0 aliphatic carbocycles. The minimum Gasteiger partial charge on any atom is -0.495 e. The van der Waals surface area contributed by atoms with Crippen LogP contribution in [0, 0.1) is 6.92 Å². The van der Waals surface area contributed by atoms with Crippen molar-refractivity contribution in [2.75, 3.05) is 20.3 Å². The third kappa shape index (κ3) is 4.79. The molecule has 0 unspecified atom stereocenters. The van der Waals surface area contributed by atoms with Gasteiger partial charge in [-0.3, -0.25) is 4.79 Å². The summed E-state index contributed by atoms with van der Waals surface area (Å²) in [7, 11) is 1.67. The summed E-state index contributed by atoms with van der Waals surface area (Å²) in [6.07, 6.45) is 8.21. The number of hydrogen-bond donors (Lipinski definition) is 1. The number of nitrogens with one attached hydrogen (secondary N) is 1. The second kappa shape index (κ2) is 9.46. The zero-order valence-corrected chi connectivity index (χ0v) is 19.2. The molecule has 8 nitrogen and oxygen atoms in total. The molecule has 2 aliphatic rings. The highest BCUT2D eigenvalue weighted by molar-refractivity contribution is 6.03. The van der Waals surface area contributed by atoms with Gasteiger partial charge in [-0.25, -0.2) is 4.98 Å². The first-order chi connectivity index (χ1) is 15.4. The van der Waals surface area contributed by atoms with Crippen LogP contribution in [-0.2, 0) is 9.63 Å². The lowest BCUT2D eigenvalue weighted by atomic mass is 9.97. The van der Waals surface area contributed by atoms with Crippen molar-refractivity contribution in [1.29, 1.82) is 0 Å². The Morgan fingerprint density at radius 1 is 1.41 bits per heavy atom. The lowest BCUT2D eigenvalue weighted by molar-refractivity contribution is -0.123. The van der Waals surface area contributed by atoms with Crippen LogP contribution < -0.4 is 10.1 Å². The number of piperidine rings is 1. The number of rotatable bonds is 6. The standard InChI is InChI=1S/C24H31N5O3/c1-16(2)26-23(30)12-20-14-32-27-24-19(6-5-9-29(20)24)10-18-7-8-21(22(11-18)31-4)28-13-17(3)25-15-28/h7-8,10-11,13,15-16,20H,5-6,9,12,14H2,1-4H3,(H,26,30)/b19-10+/t20-/m0/s1. The molecule has 1 atom stereocenters. The quantitative estimate of drug-likeness (QED) is 0.750. The van der Waals surface area contributed by atoms with Gasteiger partial charge in [-0.1, -0.05) is 11.2 Å². The molecule has 8 heteroatoms. The van der Waals surface area contributed by atoms with Crippen LogP contribution in [-0.4, -0.2) is 58.5 Å². The molecule has 4 rings (SSSR count). The van der Waals surface area contributed by atoms with Crippen molar-refractivity contribution < 1.29 is 14.4 Å². The van der Waals surface area contributed by atoms with Gasteiger partial charge in [0.1, 0.15) is 12.4 Å². The summed E-state index contributed by atoms with van der Waals surface area (Å²) in [6.45, 7) is 7.20. The average Bonchev–Trinajstić information content (AvgIpc) is 3.19. The molecule has 0 bridgehead atoms. The molecule has 170 valence electrons. The number of nitrogens with zero attached hydrogens (tertiary/aromatic N) is 4. The SMILES string of the molecule is COc1cc(/C=C2\CCCN3C2=NOC[C@@H]3CC(=O)NC(C)C)ccc1-n1cnc(C)c1. The Hall–Kier alpha value is -3.29. The number of amidine groups is 1. The van der Waals surface area contributed by atoms with Crippen LogP contribution in [0.3, 0.4) is 0 Å². The highest BCUT2D eigenvalue weighted by atomic mass is 16.6. The topological polar surface area (TPSA) is 81.0 Å². The van der Waals surface area contributed by atoms with Crippen LogP contribution in [0.25, 0.3) is 11.8 Å². The van der Waals surface area contributed by atoms with Crippen molar-refractivity contribution in [2.24, 2.45) is 5.16 Å². The second-order valence-electron chi connectivity index (χ2n) is 8.61. The summed E-state index contributed by atoms with van der Waals surface area (Å²) in [4.78, 5) is 24.4. The van der Waals surface area contributed by atoms with Gasteiger partial charge in [-0.05, 0) is 63.0 Å². The van der Waals surface area contributed by atoms with E-state index in [1.165, 1.54) is 0 Å². The van der Waals surface area contributed by atoms with E-state index in [1.54, 1.807) is 13.4 Å². The van der Waals surface area contributed by atoms with E-state index in [-0.39, 0.29) is 18.0 Å². The fourth-order valence-electron chi connectivity index (χ4n) is 4.24. The summed E-state index contributed by atoms with van der Waals surface area (Å²) in [6, 6.07) is 6.24. The van der Waals surface area contributed by atoms with E-state index in [4.69, 9.17) is 9.57 Å². The molecule has 1 saturated heterocycles. The Kier molecular flexibility index (Phi) is 6.48. The molecular weight excluding hydrogens is 406 g/mol. The zero-order chi connectivity index (χ0) is 22.7. The van der Waals surface area contributed by atoms with Gasteiger partial charge in [0.15, 0.2) is 5.84 Å². The number of amides is 1. The summed E-state index contributed by atoms with van der Waals surface area (Å²) in [5.41, 5.74) is 4.03. The van der Waals surface area contributed by atoms with E-state index < -0.39 is 0 Å². The molecule has 1 amide bonds. The van der Waals surface area contributed by atoms with E-state index in [2.05, 4.69) is 32.5 Å². The maximum atomic E-state index is 12.3. The first kappa shape index (κ1) is 21.9. The first-order valence-electron chi connectivity index (χ1n) is 11.1. The van der Waals surface area contributed by atoms with E-state index in [9.17, 15) is 4.79 Å². The monoisotopic (exact) mass is 437 g/mol. The summed E-state index contributed by atoms with van der Waals surface area (Å²) >= 11 is 0. The van der Waals surface area contributed by atoms with Gasteiger partial charge in [0.05, 0.1) is 37.3 Å². The van der Waals surface area contributed by atoms with Crippen LogP contribution in [0.15, 0.2) is 41.5 Å². The molecule has 32 heavy (non-hydrogen) atoms. The molecule has 0 saturated carbocycles. The number of benzene rings is 1. The molecule has 2 aliphatic heterocycles. The number of carbonyl (C=O) groups is 1. The number of oxime groups is 1. The van der Waals surface area contributed by atoms with Gasteiger partial charge in [0, 0.05) is 18.8 Å². The Labute approximate surface area is 188 Å². The van der Waals surface area contributed by atoms with E-state index in [1.807, 2.05) is 43.7 Å². The normalized spacial score (nSPS) is 19.4. The number of ether oxygens (including phenoxy) is 1. The lowest BCUT2D eigenvalue weighted by Gasteiger charge is -2.39. The van der Waals surface area contributed by atoms with Crippen LogP contribution in [0.4, 0.5) is 0 Å². The van der Waals surface area contributed by atoms with Crippen LogP contribution in [0.5, 0.6) is 5.75 Å². The van der Waals surface area contributed by atoms with Crippen molar-refractivity contribution >= 4 is 17.8 Å². The van der Waals surface area contributed by atoms with Crippen molar-refractivity contribution in [2.45, 2.75) is 52.1 Å². The molecule has 0 radical (unpaired) electrons. The summed E-state index contributed by atoms with van der Waals surface area (Å²) in [5.74, 6) is 1.65. The molecule has 0 spiro atoms. The maximum absolute atomic E-state index is 12.3. The van der Waals surface area contributed by atoms with E-state index in [0.29, 0.717) is 13.0 Å². The first-order valence-corrected chi connectivity index (χ1v) is 11.1. The summed E-state index contributed by atoms with van der Waals surface area (Å²) in [5, 5.41) is 7.33. The summed E-state index contributed by atoms with van der Waals surface area (Å²) < 4.78 is 7.61. The predicted molar refractivity (Wildman–Crippen MR) is 124 cm³/mol. The Bertz CT molecular complexity index is 1040. The Balaban J connectivity index is 1.56. The number of fused-ring (bicyclic) bond motifs is 1. The third-order valence-electron chi connectivity index (χ3n) is 5.67. The fraction of sp³-hybridized carbons (Fsp3) is 0.458. The largest absolute Gasteiger partial charge is 0.495 e. The Morgan fingerprint density at radius 2 is 2.25 bits per heavy atom. The minimum atomic E-state index is -0.00802. The van der Waals surface area contributed by atoms with Crippen LogP contribution in [0.2, 0.25) is 0 Å². The maximum Gasteiger partial charge on any atom is 0.222 e. The van der Waals surface area contributed by atoms with E-state index >= 15 is 0 Å². The van der Waals surface area contributed by atoms with Gasteiger partial charge in [-0.15, -0.1) is 0 Å². The smallest absolute Gasteiger partial charge is 0.222 e. The van der Waals surface area contributed by atoms with E-state index in [0.717, 1.165) is 53.5 Å². The predicted octanol–water partition coefficient (Wildman–Crippen LogP) is 3.30. The highest BCUT2D eigenvalue weighted by Gasteiger charge is 2.33. The number of carbonyl (C=O) groups excluding carboxylic acids is 1. The van der Waals surface area contributed by atoms with Crippen LogP contribution >= 0.6 is 0 Å². The third-order valence-corrected chi connectivity index (χ3v) is 5.67. The Morgan fingerprint density at radius 3 is 2.97 bits per heavy atom. The van der Waals surface area contributed by atoms with Crippen molar-refractivity contribution in [3.63, 3.8) is 0 Å². The molecule has 3 heterocycles. The van der Waals surface area contributed by atoms with Gasteiger partial charge in [0.2, 0.25) is 5.91 Å². The second-order valence-corrected chi connectivity index (χ2v) is 8.61. The highest BCUT2D eigenvalue weighted by Crippen LogP contribution is 2.29. The molecule has 1 aromatic carbocycles. The number of methoxy groups -OCH3 is 1. The minimum absolute atomic E-state index is 0.00802. The van der Waals surface area contributed by atoms with Crippen LogP contribution in [0.1, 0.15) is 44.4 Å². The molecule has 2 aromatic rings. The fourth-order valence-corrected chi connectivity index (χ4v) is 4.24. The molecule has 1 aromatic heterocycles. The molecular formula is C24H31N5O3. The van der Waals surface area contributed by atoms with Crippen molar-refractivity contribution in [1.82, 2.24) is 19.8 Å². The number of hydrogen-bond acceptors (Lipinski definition) is 6. The van der Waals surface area contributed by atoms with Gasteiger partial charge in [0.25, 0.3) is 0 Å². The zero-order valence-electron chi connectivity index (χ0n) is 19.2.